The second-order valence-corrected chi connectivity index (χ2v) is 7.55. The highest BCUT2D eigenvalue weighted by atomic mass is 32.2. The van der Waals surface area contributed by atoms with Gasteiger partial charge in [0.15, 0.2) is 0 Å². The molecule has 30 heavy (non-hydrogen) atoms. The van der Waals surface area contributed by atoms with Crippen LogP contribution in [0.15, 0.2) is 60.8 Å². The van der Waals surface area contributed by atoms with Crippen LogP contribution in [0.25, 0.3) is 11.1 Å². The minimum absolute atomic E-state index is 0.0737. The average Bonchev–Trinajstić information content (AvgIpc) is 3.09. The molecule has 2 N–H and O–H groups in total. The molecule has 152 valence electrons. The highest BCUT2D eigenvalue weighted by Crippen LogP contribution is 2.36. The van der Waals surface area contributed by atoms with Gasteiger partial charge in [-0.25, -0.2) is 13.8 Å². The summed E-state index contributed by atoms with van der Waals surface area (Å²) in [7, 11) is 0. The molecule has 0 aliphatic carbocycles. The van der Waals surface area contributed by atoms with Crippen molar-refractivity contribution in [2.45, 2.75) is 5.37 Å². The SMILES string of the molecule is O=C(NN1C(=O)CSC1c1ccccn1)c1cc(-c2ccc(F)cc2F)ccc1O. The molecule has 6 nitrogen and oxygen atoms in total. The summed E-state index contributed by atoms with van der Waals surface area (Å²) >= 11 is 1.31. The Bertz CT molecular complexity index is 1130. The van der Waals surface area contributed by atoms with E-state index in [9.17, 15) is 23.5 Å². The zero-order valence-electron chi connectivity index (χ0n) is 15.4. The van der Waals surface area contributed by atoms with Crippen molar-refractivity contribution < 1.29 is 23.5 Å². The third kappa shape index (κ3) is 3.84. The lowest BCUT2D eigenvalue weighted by Gasteiger charge is -2.24. The van der Waals surface area contributed by atoms with Crippen LogP contribution in [0.3, 0.4) is 0 Å². The summed E-state index contributed by atoms with van der Waals surface area (Å²) in [6.07, 6.45) is 1.59. The number of aromatic hydroxyl groups is 1. The zero-order chi connectivity index (χ0) is 21.3. The van der Waals surface area contributed by atoms with Crippen molar-refractivity contribution in [3.05, 3.63) is 83.7 Å². The Kier molecular flexibility index (Phi) is 5.37. The van der Waals surface area contributed by atoms with Gasteiger partial charge in [0.1, 0.15) is 22.8 Å². The predicted octanol–water partition coefficient (Wildman–Crippen LogP) is 3.65. The van der Waals surface area contributed by atoms with E-state index in [2.05, 4.69) is 10.4 Å². The number of phenolic OH excluding ortho intramolecular Hbond substituents is 1. The molecule has 0 radical (unpaired) electrons. The standard InChI is InChI=1S/C21H15F2N3O3S/c22-13-5-6-14(16(23)10-13)12-4-7-18(27)15(9-12)20(29)25-26-19(28)11-30-21(26)17-3-1-2-8-24-17/h1-10,21,27H,11H2,(H,25,29). The van der Waals surface area contributed by atoms with E-state index >= 15 is 0 Å². The van der Waals surface area contributed by atoms with E-state index < -0.39 is 22.9 Å². The number of pyridine rings is 1. The molecular weight excluding hydrogens is 412 g/mol. The van der Waals surface area contributed by atoms with Gasteiger partial charge in [-0.15, -0.1) is 11.8 Å². The van der Waals surface area contributed by atoms with Crippen molar-refractivity contribution in [3.8, 4) is 16.9 Å². The highest BCUT2D eigenvalue weighted by molar-refractivity contribution is 8.00. The van der Waals surface area contributed by atoms with Crippen LogP contribution >= 0.6 is 11.8 Å². The van der Waals surface area contributed by atoms with Crippen molar-refractivity contribution in [2.75, 3.05) is 5.75 Å². The summed E-state index contributed by atoms with van der Waals surface area (Å²) in [5.74, 6) is -2.76. The molecule has 0 bridgehead atoms. The van der Waals surface area contributed by atoms with Crippen LogP contribution in [-0.4, -0.2) is 32.7 Å². The third-order valence-electron chi connectivity index (χ3n) is 4.51. The molecule has 1 aromatic heterocycles. The van der Waals surface area contributed by atoms with Crippen LogP contribution < -0.4 is 5.43 Å². The van der Waals surface area contributed by atoms with Crippen LogP contribution in [0.5, 0.6) is 5.75 Å². The molecule has 3 aromatic rings. The maximum absolute atomic E-state index is 14.1. The Morgan fingerprint density at radius 2 is 2.00 bits per heavy atom. The maximum Gasteiger partial charge on any atom is 0.273 e. The van der Waals surface area contributed by atoms with Crippen LogP contribution in [0.4, 0.5) is 8.78 Å². The number of carbonyl (C=O) groups is 2. The molecule has 2 amide bonds. The molecule has 0 saturated carbocycles. The maximum atomic E-state index is 14.1. The van der Waals surface area contributed by atoms with Gasteiger partial charge < -0.3 is 5.11 Å². The Morgan fingerprint density at radius 3 is 2.73 bits per heavy atom. The van der Waals surface area contributed by atoms with E-state index in [0.29, 0.717) is 5.69 Å². The summed E-state index contributed by atoms with van der Waals surface area (Å²) in [6.45, 7) is 0. The van der Waals surface area contributed by atoms with Crippen LogP contribution in [0.2, 0.25) is 0 Å². The summed E-state index contributed by atoms with van der Waals surface area (Å²) in [4.78, 5) is 29.3. The zero-order valence-corrected chi connectivity index (χ0v) is 16.2. The molecule has 1 aliphatic rings. The van der Waals surface area contributed by atoms with E-state index in [1.165, 1.54) is 41.0 Å². The highest BCUT2D eigenvalue weighted by Gasteiger charge is 2.35. The van der Waals surface area contributed by atoms with Gasteiger partial charge in [-0.2, -0.15) is 0 Å². The van der Waals surface area contributed by atoms with Gasteiger partial charge in [0, 0.05) is 17.8 Å². The molecule has 9 heteroatoms. The van der Waals surface area contributed by atoms with Gasteiger partial charge >= 0.3 is 0 Å². The number of halogens is 2. The molecule has 1 fully saturated rings. The van der Waals surface area contributed by atoms with Crippen molar-refractivity contribution >= 4 is 23.6 Å². The van der Waals surface area contributed by atoms with E-state index in [1.54, 1.807) is 24.4 Å². The first kappa shape index (κ1) is 19.8. The Hall–Kier alpha value is -3.46. The molecule has 2 aromatic carbocycles. The smallest absolute Gasteiger partial charge is 0.273 e. The number of hydrazine groups is 1. The van der Waals surface area contributed by atoms with Crippen LogP contribution in [0, 0.1) is 11.6 Å². The van der Waals surface area contributed by atoms with E-state index in [4.69, 9.17) is 0 Å². The van der Waals surface area contributed by atoms with E-state index in [1.807, 2.05) is 0 Å². The fourth-order valence-electron chi connectivity index (χ4n) is 3.06. The lowest BCUT2D eigenvalue weighted by molar-refractivity contribution is -0.130. The molecule has 1 saturated heterocycles. The third-order valence-corrected chi connectivity index (χ3v) is 5.70. The molecule has 2 heterocycles. The number of hydrogen-bond acceptors (Lipinski definition) is 5. The summed E-state index contributed by atoms with van der Waals surface area (Å²) in [5, 5.41) is 10.8. The molecular formula is C21H15F2N3O3S. The van der Waals surface area contributed by atoms with Crippen LogP contribution in [-0.2, 0) is 4.79 Å². The Morgan fingerprint density at radius 1 is 1.17 bits per heavy atom. The number of phenols is 1. The molecule has 4 rings (SSSR count). The second kappa shape index (κ2) is 8.11. The fraction of sp³-hybridized carbons (Fsp3) is 0.0952. The van der Waals surface area contributed by atoms with E-state index in [0.717, 1.165) is 12.1 Å². The quantitative estimate of drug-likeness (QED) is 0.664. The van der Waals surface area contributed by atoms with Crippen molar-refractivity contribution in [3.63, 3.8) is 0 Å². The number of rotatable bonds is 4. The van der Waals surface area contributed by atoms with E-state index in [-0.39, 0.29) is 34.1 Å². The largest absolute Gasteiger partial charge is 0.507 e. The summed E-state index contributed by atoms with van der Waals surface area (Å²) in [5.41, 5.74) is 3.30. The van der Waals surface area contributed by atoms with Crippen molar-refractivity contribution in [1.82, 2.24) is 15.4 Å². The Balaban J connectivity index is 1.62. The van der Waals surface area contributed by atoms with Crippen molar-refractivity contribution in [2.24, 2.45) is 0 Å². The van der Waals surface area contributed by atoms with Gasteiger partial charge in [-0.1, -0.05) is 12.1 Å². The minimum Gasteiger partial charge on any atom is -0.507 e. The number of thioether (sulfide) groups is 1. The number of amides is 2. The normalized spacial score (nSPS) is 16.0. The first-order chi connectivity index (χ1) is 14.4. The average molecular weight is 427 g/mol. The topological polar surface area (TPSA) is 82.5 Å². The predicted molar refractivity (Wildman–Crippen MR) is 107 cm³/mol. The lowest BCUT2D eigenvalue weighted by atomic mass is 10.0. The van der Waals surface area contributed by atoms with Gasteiger partial charge in [-0.3, -0.25) is 20.0 Å². The second-order valence-electron chi connectivity index (χ2n) is 6.48. The Labute approximate surface area is 174 Å². The minimum atomic E-state index is -0.798. The first-order valence-electron chi connectivity index (χ1n) is 8.88. The molecule has 1 aliphatic heterocycles. The monoisotopic (exact) mass is 427 g/mol. The first-order valence-corrected chi connectivity index (χ1v) is 9.93. The molecule has 1 atom stereocenters. The van der Waals surface area contributed by atoms with Gasteiger partial charge in [0.25, 0.3) is 11.8 Å². The fourth-order valence-corrected chi connectivity index (χ4v) is 4.13. The number of nitrogens with one attached hydrogen (secondary N) is 1. The summed E-state index contributed by atoms with van der Waals surface area (Å²) < 4.78 is 27.3. The number of carbonyl (C=O) groups excluding carboxylic acids is 2. The molecule has 1 unspecified atom stereocenters. The number of aromatic nitrogens is 1. The van der Waals surface area contributed by atoms with Gasteiger partial charge in [0.2, 0.25) is 0 Å². The summed E-state index contributed by atoms with van der Waals surface area (Å²) in [6, 6.07) is 12.3. The van der Waals surface area contributed by atoms with Gasteiger partial charge in [0.05, 0.1) is 17.0 Å². The number of benzene rings is 2. The van der Waals surface area contributed by atoms with Crippen LogP contribution in [0.1, 0.15) is 21.4 Å². The number of nitrogens with zero attached hydrogens (tertiary/aromatic N) is 2. The molecule has 0 spiro atoms. The number of hydrogen-bond donors (Lipinski definition) is 2. The van der Waals surface area contributed by atoms with Crippen molar-refractivity contribution in [1.29, 1.82) is 0 Å². The van der Waals surface area contributed by atoms with Gasteiger partial charge in [-0.05, 0) is 42.0 Å². The lowest BCUT2D eigenvalue weighted by Crippen LogP contribution is -2.44.